The Morgan fingerprint density at radius 3 is 2.82 bits per heavy atom. The van der Waals surface area contributed by atoms with Gasteiger partial charge in [-0.2, -0.15) is 4.73 Å². The molecule has 1 amide bonds. The van der Waals surface area contributed by atoms with Crippen molar-refractivity contribution in [2.24, 2.45) is 0 Å². The third kappa shape index (κ3) is 2.73. The van der Waals surface area contributed by atoms with Crippen LogP contribution in [0.5, 0.6) is 0 Å². The first-order valence-electron chi connectivity index (χ1n) is 5.17. The van der Waals surface area contributed by atoms with Gasteiger partial charge in [-0.15, -0.1) is 0 Å². The summed E-state index contributed by atoms with van der Waals surface area (Å²) in [6.45, 7) is 0. The third-order valence-electron chi connectivity index (χ3n) is 2.62. The molecule has 1 aliphatic rings. The zero-order valence-corrected chi connectivity index (χ0v) is 9.81. The van der Waals surface area contributed by atoms with Crippen molar-refractivity contribution in [1.29, 1.82) is 0 Å². The van der Waals surface area contributed by atoms with E-state index in [0.29, 0.717) is 11.2 Å². The highest BCUT2D eigenvalue weighted by atomic mass is 32.2. The molecule has 2 heterocycles. The number of hydrogen-bond donors (Lipinski definition) is 1. The number of pyridine rings is 1. The number of sulfone groups is 1. The standard InChI is InChI=1S/C10H12N2O4S/c13-10(9-3-1-2-5-12(9)14)11-8-4-6-17(15,16)7-8/h1-3,5,8H,4,6-7H2,(H,11,13)/t8-/m1/s1. The van der Waals surface area contributed by atoms with Crippen LogP contribution in [0.3, 0.4) is 0 Å². The third-order valence-corrected chi connectivity index (χ3v) is 4.39. The molecule has 1 aliphatic heterocycles. The van der Waals surface area contributed by atoms with E-state index in [1.807, 2.05) is 0 Å². The number of rotatable bonds is 2. The van der Waals surface area contributed by atoms with Gasteiger partial charge in [-0.25, -0.2) is 8.42 Å². The molecule has 1 fully saturated rings. The summed E-state index contributed by atoms with van der Waals surface area (Å²) in [5.41, 5.74) is -0.0307. The Morgan fingerprint density at radius 1 is 1.47 bits per heavy atom. The van der Waals surface area contributed by atoms with E-state index in [-0.39, 0.29) is 17.2 Å². The zero-order chi connectivity index (χ0) is 12.5. The van der Waals surface area contributed by atoms with Crippen molar-refractivity contribution in [1.82, 2.24) is 5.32 Å². The Balaban J connectivity index is 2.06. The number of hydrogen-bond acceptors (Lipinski definition) is 4. The maximum Gasteiger partial charge on any atom is 0.317 e. The smallest absolute Gasteiger partial charge is 0.317 e. The Morgan fingerprint density at radius 2 is 2.24 bits per heavy atom. The number of aromatic nitrogens is 1. The highest BCUT2D eigenvalue weighted by Gasteiger charge is 2.30. The van der Waals surface area contributed by atoms with Crippen LogP contribution < -0.4 is 10.0 Å². The van der Waals surface area contributed by atoms with Crippen molar-refractivity contribution in [2.45, 2.75) is 12.5 Å². The molecule has 1 saturated heterocycles. The maximum atomic E-state index is 11.7. The molecule has 1 aromatic rings. The van der Waals surface area contributed by atoms with Gasteiger partial charge < -0.3 is 10.5 Å². The quantitative estimate of drug-likeness (QED) is 0.556. The summed E-state index contributed by atoms with van der Waals surface area (Å²) in [6, 6.07) is 4.09. The molecule has 0 radical (unpaired) electrons. The minimum Gasteiger partial charge on any atom is -0.618 e. The summed E-state index contributed by atoms with van der Waals surface area (Å²) >= 11 is 0. The molecule has 0 bridgehead atoms. The molecular weight excluding hydrogens is 244 g/mol. The lowest BCUT2D eigenvalue weighted by Crippen LogP contribution is -2.43. The van der Waals surface area contributed by atoms with Crippen molar-refractivity contribution >= 4 is 15.7 Å². The minimum absolute atomic E-state index is 0.0307. The summed E-state index contributed by atoms with van der Waals surface area (Å²) in [5, 5.41) is 13.9. The van der Waals surface area contributed by atoms with Crippen LogP contribution in [0.2, 0.25) is 0 Å². The van der Waals surface area contributed by atoms with Crippen molar-refractivity contribution in [3.63, 3.8) is 0 Å². The van der Waals surface area contributed by atoms with Gasteiger partial charge in [-0.1, -0.05) is 0 Å². The van der Waals surface area contributed by atoms with Crippen molar-refractivity contribution in [2.75, 3.05) is 11.5 Å². The van der Waals surface area contributed by atoms with E-state index in [1.165, 1.54) is 18.3 Å². The number of nitrogens with one attached hydrogen (secondary N) is 1. The Kier molecular flexibility index (Phi) is 3.01. The van der Waals surface area contributed by atoms with Gasteiger partial charge in [0, 0.05) is 18.2 Å². The van der Waals surface area contributed by atoms with Gasteiger partial charge in [0.2, 0.25) is 0 Å². The van der Waals surface area contributed by atoms with Gasteiger partial charge in [0.25, 0.3) is 5.69 Å². The van der Waals surface area contributed by atoms with Crippen molar-refractivity contribution in [3.05, 3.63) is 35.3 Å². The van der Waals surface area contributed by atoms with Crippen LogP contribution in [-0.2, 0) is 9.84 Å². The first-order valence-corrected chi connectivity index (χ1v) is 6.99. The van der Waals surface area contributed by atoms with Gasteiger partial charge in [0.15, 0.2) is 16.0 Å². The van der Waals surface area contributed by atoms with Crippen LogP contribution in [0.4, 0.5) is 0 Å². The number of nitrogens with zero attached hydrogens (tertiary/aromatic N) is 1. The lowest BCUT2D eigenvalue weighted by molar-refractivity contribution is -0.607. The second kappa shape index (κ2) is 4.33. The van der Waals surface area contributed by atoms with Crippen LogP contribution in [-0.4, -0.2) is 31.9 Å². The Bertz CT molecular complexity index is 541. The Hall–Kier alpha value is -1.63. The molecule has 92 valence electrons. The topological polar surface area (TPSA) is 90.2 Å². The van der Waals surface area contributed by atoms with Gasteiger partial charge in [0.05, 0.1) is 11.5 Å². The fourth-order valence-electron chi connectivity index (χ4n) is 1.77. The fourth-order valence-corrected chi connectivity index (χ4v) is 3.45. The van der Waals surface area contributed by atoms with E-state index in [0.717, 1.165) is 0 Å². The molecular formula is C10H12N2O4S. The SMILES string of the molecule is O=C(N[C@@H]1CCS(=O)(=O)C1)c1cccc[n+]1[O-]. The average Bonchev–Trinajstić information content (AvgIpc) is 2.58. The average molecular weight is 256 g/mol. The number of carbonyl (C=O) groups is 1. The summed E-state index contributed by atoms with van der Waals surface area (Å²) in [5.74, 6) is -0.503. The molecule has 0 unspecified atom stereocenters. The van der Waals surface area contributed by atoms with E-state index < -0.39 is 21.8 Å². The molecule has 1 aromatic heterocycles. The largest absolute Gasteiger partial charge is 0.618 e. The van der Waals surface area contributed by atoms with Crippen LogP contribution in [0.25, 0.3) is 0 Å². The van der Waals surface area contributed by atoms with Gasteiger partial charge in [-0.3, -0.25) is 4.79 Å². The monoisotopic (exact) mass is 256 g/mol. The van der Waals surface area contributed by atoms with Gasteiger partial charge in [-0.05, 0) is 12.5 Å². The fraction of sp³-hybridized carbons (Fsp3) is 0.400. The van der Waals surface area contributed by atoms with Crippen LogP contribution in [0.1, 0.15) is 16.9 Å². The van der Waals surface area contributed by atoms with E-state index in [4.69, 9.17) is 0 Å². The predicted molar refractivity (Wildman–Crippen MR) is 59.9 cm³/mol. The van der Waals surface area contributed by atoms with Crippen LogP contribution in [0, 0.1) is 5.21 Å². The van der Waals surface area contributed by atoms with Gasteiger partial charge in [0.1, 0.15) is 0 Å². The first-order chi connectivity index (χ1) is 7.98. The molecule has 2 rings (SSSR count). The molecule has 1 N–H and O–H groups in total. The molecule has 0 saturated carbocycles. The highest BCUT2D eigenvalue weighted by Crippen LogP contribution is 2.11. The molecule has 0 aromatic carbocycles. The van der Waals surface area contributed by atoms with Crippen molar-refractivity contribution < 1.29 is 17.9 Å². The number of carbonyl (C=O) groups excluding carboxylic acids is 1. The molecule has 0 spiro atoms. The first kappa shape index (κ1) is 11.8. The van der Waals surface area contributed by atoms with Gasteiger partial charge >= 0.3 is 5.91 Å². The lowest BCUT2D eigenvalue weighted by atomic mass is 10.2. The second-order valence-electron chi connectivity index (χ2n) is 3.99. The van der Waals surface area contributed by atoms with Crippen LogP contribution in [0.15, 0.2) is 24.4 Å². The second-order valence-corrected chi connectivity index (χ2v) is 6.21. The lowest BCUT2D eigenvalue weighted by Gasteiger charge is -2.10. The van der Waals surface area contributed by atoms with Crippen LogP contribution >= 0.6 is 0 Å². The molecule has 7 heteroatoms. The van der Waals surface area contributed by atoms with E-state index in [9.17, 15) is 18.4 Å². The highest BCUT2D eigenvalue weighted by molar-refractivity contribution is 7.91. The number of amides is 1. The molecule has 1 atom stereocenters. The predicted octanol–water partition coefficient (Wildman–Crippen LogP) is -0.763. The van der Waals surface area contributed by atoms with E-state index in [2.05, 4.69) is 5.32 Å². The Labute approximate surface area is 98.8 Å². The summed E-state index contributed by atoms with van der Waals surface area (Å²) < 4.78 is 22.9. The van der Waals surface area contributed by atoms with E-state index in [1.54, 1.807) is 6.07 Å². The normalized spacial score (nSPS) is 22.2. The molecule has 17 heavy (non-hydrogen) atoms. The summed E-state index contributed by atoms with van der Waals surface area (Å²) in [6.07, 6.45) is 1.63. The van der Waals surface area contributed by atoms with Crippen molar-refractivity contribution in [3.8, 4) is 0 Å². The summed E-state index contributed by atoms with van der Waals surface area (Å²) in [7, 11) is -3.03. The zero-order valence-electron chi connectivity index (χ0n) is 9.00. The molecule has 0 aliphatic carbocycles. The maximum absolute atomic E-state index is 11.7. The minimum atomic E-state index is -3.03. The molecule has 6 nitrogen and oxygen atoms in total. The van der Waals surface area contributed by atoms with E-state index >= 15 is 0 Å². The summed E-state index contributed by atoms with van der Waals surface area (Å²) in [4.78, 5) is 11.7.